The summed E-state index contributed by atoms with van der Waals surface area (Å²) in [6.45, 7) is 7.55. The van der Waals surface area contributed by atoms with Crippen LogP contribution in [0, 0.1) is 17.7 Å². The predicted octanol–water partition coefficient (Wildman–Crippen LogP) is 1.37. The number of rotatable bonds is 4. The van der Waals surface area contributed by atoms with Crippen LogP contribution in [0.15, 0.2) is 18.3 Å². The summed E-state index contributed by atoms with van der Waals surface area (Å²) in [5, 5.41) is 0. The Kier molecular flexibility index (Phi) is 7.02. The van der Waals surface area contributed by atoms with E-state index in [2.05, 4.69) is 21.7 Å². The average Bonchev–Trinajstić information content (AvgIpc) is 2.69. The van der Waals surface area contributed by atoms with Gasteiger partial charge in [0.25, 0.3) is 0 Å². The average molecular weight is 374 g/mol. The maximum absolute atomic E-state index is 13.8. The minimum atomic E-state index is -0.271. The van der Waals surface area contributed by atoms with Crippen molar-refractivity contribution in [3.8, 4) is 11.8 Å². The molecule has 0 atom stereocenters. The summed E-state index contributed by atoms with van der Waals surface area (Å²) in [4.78, 5) is 21.5. The monoisotopic (exact) mass is 374 g/mol. The van der Waals surface area contributed by atoms with Crippen molar-refractivity contribution < 1.29 is 13.9 Å². The van der Waals surface area contributed by atoms with E-state index >= 15 is 0 Å². The number of piperidine rings is 1. The van der Waals surface area contributed by atoms with E-state index in [4.69, 9.17) is 4.74 Å². The molecule has 0 aromatic carbocycles. The lowest BCUT2D eigenvalue weighted by Crippen LogP contribution is -2.47. The zero-order chi connectivity index (χ0) is 19.1. The minimum absolute atomic E-state index is 0.144. The Hall–Kier alpha value is -2.17. The highest BCUT2D eigenvalue weighted by molar-refractivity contribution is 5.73. The van der Waals surface area contributed by atoms with Crippen molar-refractivity contribution in [1.29, 1.82) is 0 Å². The molecule has 146 valence electrons. The van der Waals surface area contributed by atoms with Gasteiger partial charge in [0.15, 0.2) is 11.6 Å². The third-order valence-corrected chi connectivity index (χ3v) is 5.12. The van der Waals surface area contributed by atoms with Gasteiger partial charge in [0.1, 0.15) is 6.61 Å². The van der Waals surface area contributed by atoms with E-state index < -0.39 is 0 Å². The fourth-order valence-electron chi connectivity index (χ4n) is 3.44. The fraction of sp³-hybridized carbons (Fsp3) is 0.600. The van der Waals surface area contributed by atoms with Gasteiger partial charge in [-0.1, -0.05) is 11.8 Å². The Bertz CT molecular complexity index is 687. The van der Waals surface area contributed by atoms with Crippen LogP contribution in [0.1, 0.15) is 19.8 Å². The molecule has 3 rings (SSSR count). The molecule has 0 N–H and O–H groups in total. The summed E-state index contributed by atoms with van der Waals surface area (Å²) in [6, 6.07) is 3.05. The molecule has 0 unspecified atom stereocenters. The number of hydrogen-bond acceptors (Lipinski definition) is 5. The van der Waals surface area contributed by atoms with Crippen molar-refractivity contribution in [3.05, 3.63) is 24.1 Å². The summed E-state index contributed by atoms with van der Waals surface area (Å²) in [5.74, 6) is 6.55. The van der Waals surface area contributed by atoms with Crippen molar-refractivity contribution in [2.75, 3.05) is 57.3 Å². The van der Waals surface area contributed by atoms with Gasteiger partial charge in [0, 0.05) is 52.4 Å². The number of amides is 1. The van der Waals surface area contributed by atoms with Crippen LogP contribution >= 0.6 is 0 Å². The third kappa shape index (κ3) is 5.65. The van der Waals surface area contributed by atoms with Crippen molar-refractivity contribution in [3.63, 3.8) is 0 Å². The highest BCUT2D eigenvalue weighted by Gasteiger charge is 2.22. The second-order valence-electron chi connectivity index (χ2n) is 6.94. The first-order valence-corrected chi connectivity index (χ1v) is 9.54. The number of carbonyl (C=O) groups excluding carboxylic acids is 1. The maximum Gasteiger partial charge on any atom is 0.219 e. The number of piperazine rings is 1. The van der Waals surface area contributed by atoms with E-state index in [1.165, 1.54) is 6.07 Å². The van der Waals surface area contributed by atoms with E-state index in [-0.39, 0.29) is 17.8 Å². The first-order valence-electron chi connectivity index (χ1n) is 9.54. The number of hydrogen-bond donors (Lipinski definition) is 0. The smallest absolute Gasteiger partial charge is 0.219 e. The van der Waals surface area contributed by atoms with Gasteiger partial charge in [0.2, 0.25) is 5.91 Å². The molecule has 1 aromatic rings. The lowest BCUT2D eigenvalue weighted by Gasteiger charge is -2.33. The molecule has 6 nitrogen and oxygen atoms in total. The molecule has 2 aliphatic heterocycles. The van der Waals surface area contributed by atoms with Gasteiger partial charge in [-0.2, -0.15) is 0 Å². The number of pyridine rings is 1. The molecule has 0 aliphatic carbocycles. The van der Waals surface area contributed by atoms with E-state index in [0.717, 1.165) is 52.1 Å². The number of nitrogens with zero attached hydrogens (tertiary/aromatic N) is 4. The van der Waals surface area contributed by atoms with Gasteiger partial charge < -0.3 is 14.5 Å². The summed E-state index contributed by atoms with van der Waals surface area (Å²) < 4.78 is 19.6. The first-order chi connectivity index (χ1) is 13.1. The Morgan fingerprint density at radius 2 is 1.96 bits per heavy atom. The Balaban J connectivity index is 1.32. The van der Waals surface area contributed by atoms with Crippen LogP contribution in [0.25, 0.3) is 0 Å². The van der Waals surface area contributed by atoms with Crippen LogP contribution in [0.2, 0.25) is 0 Å². The van der Waals surface area contributed by atoms with Crippen molar-refractivity contribution in [2.45, 2.75) is 25.9 Å². The quantitative estimate of drug-likeness (QED) is 0.745. The molecule has 1 aromatic heterocycles. The minimum Gasteiger partial charge on any atom is -0.365 e. The molecule has 0 spiro atoms. The topological polar surface area (TPSA) is 48.9 Å². The van der Waals surface area contributed by atoms with Crippen LogP contribution in [-0.2, 0) is 9.53 Å². The molecule has 1 amide bonds. The molecular formula is C20H27FN4O2. The summed E-state index contributed by atoms with van der Waals surface area (Å²) in [6.07, 6.45) is 3.49. The van der Waals surface area contributed by atoms with Gasteiger partial charge in [-0.15, -0.1) is 0 Å². The van der Waals surface area contributed by atoms with Crippen molar-refractivity contribution in [2.24, 2.45) is 0 Å². The highest BCUT2D eigenvalue weighted by atomic mass is 19.1. The van der Waals surface area contributed by atoms with Crippen LogP contribution < -0.4 is 4.90 Å². The summed E-state index contributed by atoms with van der Waals surface area (Å²) in [7, 11) is 0. The highest BCUT2D eigenvalue weighted by Crippen LogP contribution is 2.21. The van der Waals surface area contributed by atoms with Gasteiger partial charge in [0.05, 0.1) is 12.6 Å². The molecule has 27 heavy (non-hydrogen) atoms. The lowest BCUT2D eigenvalue weighted by atomic mass is 10.1. The maximum atomic E-state index is 13.8. The fourth-order valence-corrected chi connectivity index (χ4v) is 3.44. The van der Waals surface area contributed by atoms with Gasteiger partial charge in [-0.25, -0.2) is 9.37 Å². The van der Waals surface area contributed by atoms with Gasteiger partial charge in [-0.3, -0.25) is 9.69 Å². The van der Waals surface area contributed by atoms with E-state index in [1.54, 1.807) is 19.2 Å². The zero-order valence-corrected chi connectivity index (χ0v) is 15.9. The Labute approximate surface area is 160 Å². The van der Waals surface area contributed by atoms with Crippen LogP contribution in [0.3, 0.4) is 0 Å². The Morgan fingerprint density at radius 1 is 1.22 bits per heavy atom. The molecule has 3 heterocycles. The van der Waals surface area contributed by atoms with E-state index in [0.29, 0.717) is 19.0 Å². The Morgan fingerprint density at radius 3 is 2.63 bits per heavy atom. The molecule has 0 radical (unpaired) electrons. The van der Waals surface area contributed by atoms with Crippen LogP contribution in [-0.4, -0.2) is 79.2 Å². The number of ether oxygens (including phenoxy) is 1. The number of anilines is 1. The van der Waals surface area contributed by atoms with Crippen molar-refractivity contribution >= 4 is 11.7 Å². The standard InChI is InChI=1S/C20H27FN4O2/c1-17(26)24-14-12-23(13-15-24)9-2-3-16-27-18-6-10-25(11-7-18)20-19(21)5-4-8-22-20/h4-5,8,18H,6-7,9-16H2,1H3. The summed E-state index contributed by atoms with van der Waals surface area (Å²) >= 11 is 0. The summed E-state index contributed by atoms with van der Waals surface area (Å²) in [5.41, 5.74) is 0. The molecule has 0 bridgehead atoms. The van der Waals surface area contributed by atoms with E-state index in [9.17, 15) is 9.18 Å². The molecule has 7 heteroatoms. The molecular weight excluding hydrogens is 347 g/mol. The van der Waals surface area contributed by atoms with Gasteiger partial charge in [-0.05, 0) is 25.0 Å². The number of aromatic nitrogens is 1. The second kappa shape index (κ2) is 9.67. The lowest BCUT2D eigenvalue weighted by molar-refractivity contribution is -0.130. The SMILES string of the molecule is CC(=O)N1CCN(CC#CCOC2CCN(c3ncccc3F)CC2)CC1. The zero-order valence-electron chi connectivity index (χ0n) is 15.9. The second-order valence-corrected chi connectivity index (χ2v) is 6.94. The van der Waals surface area contributed by atoms with Gasteiger partial charge >= 0.3 is 0 Å². The number of halogens is 1. The van der Waals surface area contributed by atoms with Crippen LogP contribution in [0.4, 0.5) is 10.2 Å². The third-order valence-electron chi connectivity index (χ3n) is 5.12. The molecule has 2 fully saturated rings. The normalized spacial score (nSPS) is 18.9. The predicted molar refractivity (Wildman–Crippen MR) is 102 cm³/mol. The van der Waals surface area contributed by atoms with Crippen molar-refractivity contribution in [1.82, 2.24) is 14.8 Å². The molecule has 2 saturated heterocycles. The first kappa shape index (κ1) is 19.6. The van der Waals surface area contributed by atoms with E-state index in [1.807, 2.05) is 9.80 Å². The number of carbonyl (C=O) groups is 1. The molecule has 2 aliphatic rings. The molecule has 0 saturated carbocycles. The van der Waals surface area contributed by atoms with Crippen LogP contribution in [0.5, 0.6) is 0 Å². The largest absolute Gasteiger partial charge is 0.365 e.